The summed E-state index contributed by atoms with van der Waals surface area (Å²) in [6, 6.07) is 6.59. The summed E-state index contributed by atoms with van der Waals surface area (Å²) in [5.41, 5.74) is 2.44. The molecule has 1 N–H and O–H groups in total. The molecule has 3 rings (SSSR count). The Bertz CT molecular complexity index is 608. The van der Waals surface area contributed by atoms with Gasteiger partial charge in [-0.3, -0.25) is 0 Å². The quantitative estimate of drug-likeness (QED) is 0.900. The van der Waals surface area contributed by atoms with Crippen molar-refractivity contribution in [2.24, 2.45) is 0 Å². The fourth-order valence-electron chi connectivity index (χ4n) is 3.20. The van der Waals surface area contributed by atoms with Crippen molar-refractivity contribution in [1.82, 2.24) is 0 Å². The molecule has 2 heterocycles. The molecule has 4 atom stereocenters. The van der Waals surface area contributed by atoms with E-state index in [-0.39, 0.29) is 35.8 Å². The molecule has 5 heteroatoms. The smallest absolute Gasteiger partial charge is 0.164 e. The minimum atomic E-state index is -0.631. The molecule has 0 radical (unpaired) electrons. The zero-order valence-electron chi connectivity index (χ0n) is 15.3. The maximum atomic E-state index is 9.60. The second-order valence-corrected chi connectivity index (χ2v) is 9.28. The Labute approximate surface area is 148 Å². The highest BCUT2D eigenvalue weighted by Gasteiger charge is 2.55. The van der Waals surface area contributed by atoms with Crippen LogP contribution in [-0.4, -0.2) is 41.2 Å². The van der Waals surface area contributed by atoms with Gasteiger partial charge in [-0.05, 0) is 43.4 Å². The zero-order valence-corrected chi connectivity index (χ0v) is 16.1. The molecule has 1 aromatic carbocycles. The van der Waals surface area contributed by atoms with Crippen LogP contribution >= 0.6 is 11.8 Å². The first-order valence-electron chi connectivity index (χ1n) is 8.50. The summed E-state index contributed by atoms with van der Waals surface area (Å²) < 4.78 is 18.0. The summed E-state index contributed by atoms with van der Waals surface area (Å²) in [4.78, 5) is 1.19. The SMILES string of the molecule is Cc1ccc(C(C)(C)C)cc1SC1O[C@H](CO)[C@H]2OC(C)(C)O[C@@H]12. The normalized spacial score (nSPS) is 32.1. The van der Waals surface area contributed by atoms with Crippen LogP contribution in [0.2, 0.25) is 0 Å². The molecule has 134 valence electrons. The molecular weight excluding hydrogens is 324 g/mol. The minimum Gasteiger partial charge on any atom is -0.394 e. The number of ether oxygens (including phenoxy) is 3. The van der Waals surface area contributed by atoms with Crippen molar-refractivity contribution in [1.29, 1.82) is 0 Å². The van der Waals surface area contributed by atoms with E-state index in [0.29, 0.717) is 0 Å². The molecule has 2 saturated heterocycles. The molecule has 24 heavy (non-hydrogen) atoms. The van der Waals surface area contributed by atoms with Gasteiger partial charge in [0.1, 0.15) is 23.7 Å². The van der Waals surface area contributed by atoms with Gasteiger partial charge in [-0.2, -0.15) is 0 Å². The molecule has 0 aromatic heterocycles. The molecule has 2 aliphatic rings. The third kappa shape index (κ3) is 3.51. The number of hydrogen-bond donors (Lipinski definition) is 1. The lowest BCUT2D eigenvalue weighted by Crippen LogP contribution is -2.31. The van der Waals surface area contributed by atoms with E-state index >= 15 is 0 Å². The third-order valence-corrected chi connectivity index (χ3v) is 5.89. The highest BCUT2D eigenvalue weighted by Crippen LogP contribution is 2.45. The van der Waals surface area contributed by atoms with Gasteiger partial charge in [0.25, 0.3) is 0 Å². The average molecular weight is 352 g/mol. The first-order chi connectivity index (χ1) is 11.1. The van der Waals surface area contributed by atoms with Crippen molar-refractivity contribution in [2.45, 2.75) is 81.4 Å². The fourth-order valence-corrected chi connectivity index (χ4v) is 4.44. The lowest BCUT2D eigenvalue weighted by Gasteiger charge is -2.24. The summed E-state index contributed by atoms with van der Waals surface area (Å²) in [6.45, 7) is 12.5. The summed E-state index contributed by atoms with van der Waals surface area (Å²) in [7, 11) is 0. The van der Waals surface area contributed by atoms with E-state index in [4.69, 9.17) is 14.2 Å². The van der Waals surface area contributed by atoms with E-state index in [2.05, 4.69) is 45.9 Å². The first-order valence-corrected chi connectivity index (χ1v) is 9.38. The summed E-state index contributed by atoms with van der Waals surface area (Å²) in [6.07, 6.45) is -0.714. The number of thioether (sulfide) groups is 1. The molecule has 1 aromatic rings. The topological polar surface area (TPSA) is 47.9 Å². The number of rotatable bonds is 3. The number of benzene rings is 1. The van der Waals surface area contributed by atoms with E-state index in [1.807, 2.05) is 13.8 Å². The summed E-state index contributed by atoms with van der Waals surface area (Å²) >= 11 is 1.67. The molecule has 2 aliphatic heterocycles. The van der Waals surface area contributed by atoms with E-state index < -0.39 is 5.79 Å². The Kier molecular flexibility index (Phi) is 4.77. The van der Waals surface area contributed by atoms with Gasteiger partial charge in [0, 0.05) is 4.90 Å². The highest BCUT2D eigenvalue weighted by molar-refractivity contribution is 7.99. The number of fused-ring (bicyclic) bond motifs is 1. The van der Waals surface area contributed by atoms with Crippen molar-refractivity contribution in [2.75, 3.05) is 6.61 Å². The van der Waals surface area contributed by atoms with Gasteiger partial charge in [0.05, 0.1) is 6.61 Å². The van der Waals surface area contributed by atoms with Crippen molar-refractivity contribution >= 4 is 11.8 Å². The van der Waals surface area contributed by atoms with E-state index in [1.165, 1.54) is 16.0 Å². The Morgan fingerprint density at radius 1 is 1.17 bits per heavy atom. The van der Waals surface area contributed by atoms with Crippen LogP contribution in [0.1, 0.15) is 45.7 Å². The van der Waals surface area contributed by atoms with Crippen molar-refractivity contribution in [3.05, 3.63) is 29.3 Å². The number of aliphatic hydroxyl groups is 1. The van der Waals surface area contributed by atoms with Crippen molar-refractivity contribution in [3.63, 3.8) is 0 Å². The van der Waals surface area contributed by atoms with Crippen LogP contribution in [0.15, 0.2) is 23.1 Å². The van der Waals surface area contributed by atoms with Gasteiger partial charge in [-0.25, -0.2) is 0 Å². The van der Waals surface area contributed by atoms with Crippen molar-refractivity contribution < 1.29 is 19.3 Å². The predicted molar refractivity (Wildman–Crippen MR) is 95.3 cm³/mol. The molecule has 0 spiro atoms. The Morgan fingerprint density at radius 3 is 2.46 bits per heavy atom. The third-order valence-electron chi connectivity index (χ3n) is 4.58. The lowest BCUT2D eigenvalue weighted by molar-refractivity contribution is -0.181. The first kappa shape index (κ1) is 18.2. The van der Waals surface area contributed by atoms with E-state index in [0.717, 1.165) is 0 Å². The molecule has 0 saturated carbocycles. The molecule has 4 nitrogen and oxygen atoms in total. The summed E-state index contributed by atoms with van der Waals surface area (Å²) in [5, 5.41) is 9.60. The van der Waals surface area contributed by atoms with Crippen LogP contribution < -0.4 is 0 Å². The van der Waals surface area contributed by atoms with Crippen LogP contribution in [0.25, 0.3) is 0 Å². The molecule has 2 fully saturated rings. The largest absolute Gasteiger partial charge is 0.394 e. The molecule has 0 aliphatic carbocycles. The minimum absolute atomic E-state index is 0.0569. The maximum Gasteiger partial charge on any atom is 0.164 e. The van der Waals surface area contributed by atoms with Gasteiger partial charge in [-0.1, -0.05) is 44.7 Å². The van der Waals surface area contributed by atoms with Gasteiger partial charge in [0.15, 0.2) is 5.79 Å². The number of aliphatic hydroxyl groups excluding tert-OH is 1. The Hall–Kier alpha value is -0.590. The van der Waals surface area contributed by atoms with Gasteiger partial charge >= 0.3 is 0 Å². The predicted octanol–water partition coefficient (Wildman–Crippen LogP) is 3.62. The Balaban J connectivity index is 1.83. The average Bonchev–Trinajstić information content (AvgIpc) is 2.94. The second kappa shape index (κ2) is 6.29. The fraction of sp³-hybridized carbons (Fsp3) is 0.684. The number of hydrogen-bond acceptors (Lipinski definition) is 5. The van der Waals surface area contributed by atoms with Crippen molar-refractivity contribution in [3.8, 4) is 0 Å². The Morgan fingerprint density at radius 2 is 1.83 bits per heavy atom. The highest BCUT2D eigenvalue weighted by atomic mass is 32.2. The summed E-state index contributed by atoms with van der Waals surface area (Å²) in [5.74, 6) is -0.631. The molecule has 1 unspecified atom stereocenters. The zero-order chi connectivity index (χ0) is 17.7. The van der Waals surface area contributed by atoms with E-state index in [1.54, 1.807) is 11.8 Å². The monoisotopic (exact) mass is 352 g/mol. The standard InChI is InChI=1S/C19H28O4S/c1-11-7-8-12(18(2,3)4)9-14(11)24-17-16-15(13(10-20)21-17)22-19(5,6)23-16/h7-9,13,15-17,20H,10H2,1-6H3/t13-,15-,16-,17?/m1/s1. The van der Waals surface area contributed by atoms with Crippen LogP contribution in [0.3, 0.4) is 0 Å². The van der Waals surface area contributed by atoms with E-state index in [9.17, 15) is 5.11 Å². The van der Waals surface area contributed by atoms with Crippen LogP contribution in [-0.2, 0) is 19.6 Å². The molecular formula is C19H28O4S. The van der Waals surface area contributed by atoms with Crippen LogP contribution in [0.5, 0.6) is 0 Å². The number of aryl methyl sites for hydroxylation is 1. The van der Waals surface area contributed by atoms with Gasteiger partial charge < -0.3 is 19.3 Å². The molecule has 0 amide bonds. The molecule has 0 bridgehead atoms. The second-order valence-electron chi connectivity index (χ2n) is 8.14. The van der Waals surface area contributed by atoms with Gasteiger partial charge in [0.2, 0.25) is 0 Å². The van der Waals surface area contributed by atoms with Crippen LogP contribution in [0.4, 0.5) is 0 Å². The maximum absolute atomic E-state index is 9.60. The van der Waals surface area contributed by atoms with Crippen LogP contribution in [0, 0.1) is 6.92 Å². The lowest BCUT2D eigenvalue weighted by atomic mass is 9.87. The van der Waals surface area contributed by atoms with Gasteiger partial charge in [-0.15, -0.1) is 0 Å².